The molecule has 1 unspecified atom stereocenters. The van der Waals surface area contributed by atoms with Gasteiger partial charge in [-0.25, -0.2) is 0 Å². The van der Waals surface area contributed by atoms with Gasteiger partial charge < -0.3 is 19.8 Å². The van der Waals surface area contributed by atoms with Gasteiger partial charge in [0, 0.05) is 12.1 Å². The van der Waals surface area contributed by atoms with Gasteiger partial charge in [0.25, 0.3) is 11.7 Å². The third-order valence-corrected chi connectivity index (χ3v) is 5.28. The van der Waals surface area contributed by atoms with Crippen LogP contribution in [0.5, 0.6) is 0 Å². The van der Waals surface area contributed by atoms with Crippen LogP contribution in [0.4, 0.5) is 0 Å². The van der Waals surface area contributed by atoms with E-state index in [0.717, 1.165) is 23.1 Å². The van der Waals surface area contributed by atoms with Crippen LogP contribution in [0.1, 0.15) is 35.2 Å². The lowest BCUT2D eigenvalue weighted by molar-refractivity contribution is -0.140. The van der Waals surface area contributed by atoms with E-state index in [4.69, 9.17) is 9.84 Å². The number of benzene rings is 2. The smallest absolute Gasteiger partial charge is 0.295 e. The summed E-state index contributed by atoms with van der Waals surface area (Å²) >= 11 is 0. The van der Waals surface area contributed by atoms with E-state index in [9.17, 15) is 14.7 Å². The van der Waals surface area contributed by atoms with Gasteiger partial charge >= 0.3 is 0 Å². The first-order chi connectivity index (χ1) is 14.5. The maximum absolute atomic E-state index is 12.9. The average Bonchev–Trinajstić information content (AvgIpc) is 3.01. The summed E-state index contributed by atoms with van der Waals surface area (Å²) in [5.74, 6) is -1.56. The standard InChI is InChI=1S/C24H27NO5/c1-3-17-6-10-18(11-7-17)21-20(22(27)19-8-4-16(2)5-9-19)23(28)24(29)25(21)12-14-30-15-13-26/h4-11,21,26-27H,3,12-15H2,1-2H3. The number of ketones is 1. The first-order valence-corrected chi connectivity index (χ1v) is 10.1. The lowest BCUT2D eigenvalue weighted by atomic mass is 9.94. The van der Waals surface area contributed by atoms with Crippen LogP contribution in [-0.4, -0.2) is 53.2 Å². The van der Waals surface area contributed by atoms with Gasteiger partial charge in [0.15, 0.2) is 0 Å². The van der Waals surface area contributed by atoms with E-state index < -0.39 is 17.7 Å². The van der Waals surface area contributed by atoms with E-state index in [2.05, 4.69) is 6.92 Å². The Morgan fingerprint density at radius 1 is 1.03 bits per heavy atom. The fourth-order valence-corrected chi connectivity index (χ4v) is 3.59. The topological polar surface area (TPSA) is 87.1 Å². The van der Waals surface area contributed by atoms with Crippen LogP contribution in [0.25, 0.3) is 5.76 Å². The van der Waals surface area contributed by atoms with E-state index in [0.29, 0.717) is 5.56 Å². The van der Waals surface area contributed by atoms with Gasteiger partial charge in [-0.2, -0.15) is 0 Å². The molecule has 0 aliphatic carbocycles. The Hall–Kier alpha value is -2.96. The molecule has 2 N–H and O–H groups in total. The Morgan fingerprint density at radius 3 is 2.30 bits per heavy atom. The highest BCUT2D eigenvalue weighted by molar-refractivity contribution is 6.46. The number of carbonyl (C=O) groups is 2. The van der Waals surface area contributed by atoms with Crippen LogP contribution >= 0.6 is 0 Å². The molecule has 1 saturated heterocycles. The average molecular weight is 409 g/mol. The van der Waals surface area contributed by atoms with Gasteiger partial charge in [-0.3, -0.25) is 9.59 Å². The Bertz CT molecular complexity index is 931. The third kappa shape index (κ3) is 4.45. The number of rotatable bonds is 8. The summed E-state index contributed by atoms with van der Waals surface area (Å²) in [6.07, 6.45) is 0.874. The molecule has 158 valence electrons. The fourth-order valence-electron chi connectivity index (χ4n) is 3.59. The first-order valence-electron chi connectivity index (χ1n) is 10.1. The van der Waals surface area contributed by atoms with Crippen molar-refractivity contribution in [2.45, 2.75) is 26.3 Å². The largest absolute Gasteiger partial charge is 0.507 e. The van der Waals surface area contributed by atoms with Crippen molar-refractivity contribution in [2.75, 3.05) is 26.4 Å². The molecule has 0 saturated carbocycles. The predicted molar refractivity (Wildman–Crippen MR) is 114 cm³/mol. The lowest BCUT2D eigenvalue weighted by Crippen LogP contribution is -2.33. The third-order valence-electron chi connectivity index (χ3n) is 5.28. The number of hydrogen-bond donors (Lipinski definition) is 2. The number of amides is 1. The van der Waals surface area contributed by atoms with Crippen molar-refractivity contribution < 1.29 is 24.5 Å². The van der Waals surface area contributed by atoms with Crippen molar-refractivity contribution >= 4 is 17.4 Å². The van der Waals surface area contributed by atoms with Crippen molar-refractivity contribution in [3.05, 3.63) is 76.4 Å². The van der Waals surface area contributed by atoms with E-state index >= 15 is 0 Å². The number of Topliss-reactive ketones (excluding diaryl/α,β-unsaturated/α-hetero) is 1. The van der Waals surface area contributed by atoms with Crippen LogP contribution < -0.4 is 0 Å². The zero-order valence-electron chi connectivity index (χ0n) is 17.3. The number of aliphatic hydroxyl groups is 2. The molecule has 6 heteroatoms. The Morgan fingerprint density at radius 2 is 1.70 bits per heavy atom. The number of hydrogen-bond acceptors (Lipinski definition) is 5. The summed E-state index contributed by atoms with van der Waals surface area (Å²) in [7, 11) is 0. The Kier molecular flexibility index (Phi) is 7.03. The minimum absolute atomic E-state index is 0.0789. The Labute approximate surface area is 176 Å². The number of aryl methyl sites for hydroxylation is 2. The second-order valence-electron chi connectivity index (χ2n) is 7.29. The van der Waals surface area contributed by atoms with Crippen LogP contribution in [0.3, 0.4) is 0 Å². The van der Waals surface area contributed by atoms with Crippen molar-refractivity contribution in [1.29, 1.82) is 0 Å². The van der Waals surface area contributed by atoms with Gasteiger partial charge in [0.05, 0.1) is 31.4 Å². The lowest BCUT2D eigenvalue weighted by Gasteiger charge is -2.25. The normalized spacial score (nSPS) is 18.2. The molecule has 2 aromatic rings. The number of nitrogens with zero attached hydrogens (tertiary/aromatic N) is 1. The van der Waals surface area contributed by atoms with Gasteiger partial charge in [-0.15, -0.1) is 0 Å². The number of aliphatic hydroxyl groups excluding tert-OH is 2. The SMILES string of the molecule is CCc1ccc(C2C(=C(O)c3ccc(C)cc3)C(=O)C(=O)N2CCOCCO)cc1. The van der Waals surface area contributed by atoms with Gasteiger partial charge in [0.2, 0.25) is 0 Å². The molecule has 0 radical (unpaired) electrons. The Balaban J connectivity index is 2.05. The van der Waals surface area contributed by atoms with E-state index in [1.54, 1.807) is 12.1 Å². The summed E-state index contributed by atoms with van der Waals surface area (Å²) in [5.41, 5.74) is 3.49. The highest BCUT2D eigenvalue weighted by Crippen LogP contribution is 2.39. The quantitative estimate of drug-likeness (QED) is 0.303. The van der Waals surface area contributed by atoms with E-state index in [1.807, 2.05) is 43.3 Å². The molecule has 1 aliphatic rings. The molecule has 1 heterocycles. The van der Waals surface area contributed by atoms with Crippen LogP contribution in [0.2, 0.25) is 0 Å². The zero-order chi connectivity index (χ0) is 21.7. The monoisotopic (exact) mass is 409 g/mol. The summed E-state index contributed by atoms with van der Waals surface area (Å²) in [6.45, 7) is 4.38. The predicted octanol–water partition coefficient (Wildman–Crippen LogP) is 2.99. The maximum Gasteiger partial charge on any atom is 0.295 e. The second kappa shape index (κ2) is 9.69. The van der Waals surface area contributed by atoms with Crippen LogP contribution in [0.15, 0.2) is 54.1 Å². The number of likely N-dealkylation sites (tertiary alicyclic amines) is 1. The van der Waals surface area contributed by atoms with Crippen LogP contribution in [-0.2, 0) is 20.7 Å². The summed E-state index contributed by atoms with van der Waals surface area (Å²) in [4.78, 5) is 27.1. The summed E-state index contributed by atoms with van der Waals surface area (Å²) in [6, 6.07) is 14.2. The fraction of sp³-hybridized carbons (Fsp3) is 0.333. The molecule has 0 bridgehead atoms. The molecule has 1 amide bonds. The molecular weight excluding hydrogens is 382 g/mol. The van der Waals surface area contributed by atoms with E-state index in [-0.39, 0.29) is 37.7 Å². The minimum atomic E-state index is -0.709. The zero-order valence-corrected chi connectivity index (χ0v) is 17.3. The number of ether oxygens (including phenoxy) is 1. The van der Waals surface area contributed by atoms with Gasteiger partial charge in [-0.05, 0) is 24.5 Å². The highest BCUT2D eigenvalue weighted by atomic mass is 16.5. The molecule has 1 atom stereocenters. The molecule has 0 spiro atoms. The maximum atomic E-state index is 12.9. The molecule has 30 heavy (non-hydrogen) atoms. The van der Waals surface area contributed by atoms with Crippen molar-refractivity contribution in [3.63, 3.8) is 0 Å². The molecule has 1 aliphatic heterocycles. The molecule has 2 aromatic carbocycles. The van der Waals surface area contributed by atoms with Crippen molar-refractivity contribution in [1.82, 2.24) is 4.90 Å². The van der Waals surface area contributed by atoms with Crippen molar-refractivity contribution in [2.24, 2.45) is 0 Å². The highest BCUT2D eigenvalue weighted by Gasteiger charge is 2.45. The minimum Gasteiger partial charge on any atom is -0.507 e. The van der Waals surface area contributed by atoms with Gasteiger partial charge in [0.1, 0.15) is 5.76 Å². The first kappa shape index (κ1) is 21.7. The van der Waals surface area contributed by atoms with Crippen molar-refractivity contribution in [3.8, 4) is 0 Å². The summed E-state index contributed by atoms with van der Waals surface area (Å²) in [5, 5.41) is 19.9. The molecule has 1 fully saturated rings. The molecule has 6 nitrogen and oxygen atoms in total. The molecule has 3 rings (SSSR count). The number of carbonyl (C=O) groups excluding carboxylic acids is 2. The summed E-state index contributed by atoms with van der Waals surface area (Å²) < 4.78 is 5.31. The van der Waals surface area contributed by atoms with Gasteiger partial charge in [-0.1, -0.05) is 61.0 Å². The van der Waals surface area contributed by atoms with E-state index in [1.165, 1.54) is 4.90 Å². The van der Waals surface area contributed by atoms with Crippen LogP contribution in [0, 0.1) is 6.92 Å². The second-order valence-corrected chi connectivity index (χ2v) is 7.29. The molecule has 0 aromatic heterocycles. The molecular formula is C24H27NO5.